The molecule has 2 heterocycles. The fraction of sp³-hybridized carbons (Fsp3) is 0.667. The summed E-state index contributed by atoms with van der Waals surface area (Å²) in [6.07, 6.45) is 2.67. The standard InChI is InChI=1S/C12H17BrN2O3S/c1-17-10(16)7-18-12(3-2-5-14-6-4-12)11-15-9(13)8-19-11/h8,14H,2-7H2,1H3. The van der Waals surface area contributed by atoms with Crippen LogP contribution in [0, 0.1) is 0 Å². The lowest BCUT2D eigenvalue weighted by Crippen LogP contribution is -2.33. The molecule has 2 rings (SSSR count). The zero-order valence-corrected chi connectivity index (χ0v) is 13.2. The highest BCUT2D eigenvalue weighted by atomic mass is 79.9. The van der Waals surface area contributed by atoms with Crippen molar-refractivity contribution in [3.63, 3.8) is 0 Å². The molecular formula is C12H17BrN2O3S. The molecule has 106 valence electrons. The second-order valence-electron chi connectivity index (χ2n) is 4.44. The lowest BCUT2D eigenvalue weighted by atomic mass is 9.95. The van der Waals surface area contributed by atoms with Crippen molar-refractivity contribution in [3.8, 4) is 0 Å². The van der Waals surface area contributed by atoms with E-state index in [-0.39, 0.29) is 12.6 Å². The Morgan fingerprint density at radius 1 is 1.58 bits per heavy atom. The number of ether oxygens (including phenoxy) is 2. The summed E-state index contributed by atoms with van der Waals surface area (Å²) in [5, 5.41) is 6.21. The molecule has 5 nitrogen and oxygen atoms in total. The van der Waals surface area contributed by atoms with Gasteiger partial charge < -0.3 is 14.8 Å². The molecule has 19 heavy (non-hydrogen) atoms. The molecule has 0 aromatic carbocycles. The molecule has 0 aliphatic carbocycles. The van der Waals surface area contributed by atoms with Crippen LogP contribution in [0.25, 0.3) is 0 Å². The van der Waals surface area contributed by atoms with Crippen LogP contribution in [0.15, 0.2) is 9.98 Å². The largest absolute Gasteiger partial charge is 0.467 e. The topological polar surface area (TPSA) is 60.5 Å². The van der Waals surface area contributed by atoms with Gasteiger partial charge in [0.25, 0.3) is 0 Å². The molecule has 1 aliphatic rings. The smallest absolute Gasteiger partial charge is 0.331 e. The Labute approximate surface area is 124 Å². The first-order valence-corrected chi connectivity index (χ1v) is 7.86. The molecular weight excluding hydrogens is 332 g/mol. The number of nitrogens with one attached hydrogen (secondary N) is 1. The Morgan fingerprint density at radius 2 is 2.42 bits per heavy atom. The molecule has 0 saturated carbocycles. The fourth-order valence-electron chi connectivity index (χ4n) is 2.18. The summed E-state index contributed by atoms with van der Waals surface area (Å²) in [5.41, 5.74) is -0.478. The van der Waals surface area contributed by atoms with Gasteiger partial charge in [-0.15, -0.1) is 11.3 Å². The second-order valence-corrected chi connectivity index (χ2v) is 6.11. The van der Waals surface area contributed by atoms with Gasteiger partial charge in [-0.25, -0.2) is 9.78 Å². The maximum absolute atomic E-state index is 11.3. The van der Waals surface area contributed by atoms with Crippen molar-refractivity contribution in [3.05, 3.63) is 15.0 Å². The first-order valence-electron chi connectivity index (χ1n) is 6.19. The number of hydrogen-bond donors (Lipinski definition) is 1. The van der Waals surface area contributed by atoms with E-state index >= 15 is 0 Å². The predicted molar refractivity (Wildman–Crippen MR) is 76.2 cm³/mol. The summed E-state index contributed by atoms with van der Waals surface area (Å²) in [4.78, 5) is 15.8. The van der Waals surface area contributed by atoms with Gasteiger partial charge in [0.15, 0.2) is 0 Å². The Bertz CT molecular complexity index is 430. The Hall–Kier alpha value is -0.500. The molecule has 1 aliphatic heterocycles. The number of rotatable bonds is 4. The normalized spacial score (nSPS) is 23.9. The van der Waals surface area contributed by atoms with Crippen LogP contribution < -0.4 is 5.32 Å². The molecule has 1 unspecified atom stereocenters. The molecule has 0 amide bonds. The van der Waals surface area contributed by atoms with Gasteiger partial charge in [-0.1, -0.05) is 0 Å². The number of carbonyl (C=O) groups excluding carboxylic acids is 1. The fourth-order valence-corrected chi connectivity index (χ4v) is 3.64. The zero-order chi connectivity index (χ0) is 13.7. The number of hydrogen-bond acceptors (Lipinski definition) is 6. The first kappa shape index (κ1) is 14.9. The van der Waals surface area contributed by atoms with Crippen LogP contribution >= 0.6 is 27.3 Å². The highest BCUT2D eigenvalue weighted by molar-refractivity contribution is 9.10. The van der Waals surface area contributed by atoms with E-state index in [1.165, 1.54) is 7.11 Å². The Kier molecular flexibility index (Phi) is 5.32. The SMILES string of the molecule is COC(=O)COC1(c2nc(Br)cs2)CCCNCC1. The minimum atomic E-state index is -0.478. The number of aromatic nitrogens is 1. The molecule has 1 fully saturated rings. The van der Waals surface area contributed by atoms with Crippen LogP contribution in [-0.4, -0.2) is 37.8 Å². The molecule has 7 heteroatoms. The van der Waals surface area contributed by atoms with Crippen molar-refractivity contribution < 1.29 is 14.3 Å². The van der Waals surface area contributed by atoms with Crippen LogP contribution in [0.3, 0.4) is 0 Å². The van der Waals surface area contributed by atoms with E-state index in [9.17, 15) is 4.79 Å². The summed E-state index contributed by atoms with van der Waals surface area (Å²) in [5.74, 6) is -0.354. The van der Waals surface area contributed by atoms with Crippen molar-refractivity contribution in [2.75, 3.05) is 26.8 Å². The molecule has 1 saturated heterocycles. The average molecular weight is 349 g/mol. The summed E-state index contributed by atoms with van der Waals surface area (Å²) in [6.45, 7) is 1.79. The lowest BCUT2D eigenvalue weighted by Gasteiger charge is -2.30. The number of nitrogens with zero attached hydrogens (tertiary/aromatic N) is 1. The predicted octanol–water partition coefficient (Wildman–Crippen LogP) is 2.06. The van der Waals surface area contributed by atoms with Crippen molar-refractivity contribution in [1.82, 2.24) is 10.3 Å². The van der Waals surface area contributed by atoms with Gasteiger partial charge in [-0.2, -0.15) is 0 Å². The molecule has 0 bridgehead atoms. The molecule has 1 N–H and O–H groups in total. The molecule has 1 atom stereocenters. The van der Waals surface area contributed by atoms with Gasteiger partial charge in [-0.3, -0.25) is 0 Å². The molecule has 1 aromatic heterocycles. The Morgan fingerprint density at radius 3 is 3.11 bits per heavy atom. The van der Waals surface area contributed by atoms with Gasteiger partial charge in [0.2, 0.25) is 0 Å². The quantitative estimate of drug-likeness (QED) is 0.844. The minimum absolute atomic E-state index is 0.0340. The first-order chi connectivity index (χ1) is 9.16. The number of esters is 1. The number of methoxy groups -OCH3 is 1. The summed E-state index contributed by atoms with van der Waals surface area (Å²) in [7, 11) is 1.37. The second kappa shape index (κ2) is 6.78. The zero-order valence-electron chi connectivity index (χ0n) is 10.8. The summed E-state index contributed by atoms with van der Waals surface area (Å²) >= 11 is 4.93. The number of carbonyl (C=O) groups is 1. The highest BCUT2D eigenvalue weighted by Crippen LogP contribution is 2.38. The van der Waals surface area contributed by atoms with Crippen LogP contribution in [0.2, 0.25) is 0 Å². The van der Waals surface area contributed by atoms with Crippen molar-refractivity contribution in [2.45, 2.75) is 24.9 Å². The Balaban J connectivity index is 2.18. The third kappa shape index (κ3) is 3.75. The van der Waals surface area contributed by atoms with Gasteiger partial charge in [0.1, 0.15) is 21.8 Å². The van der Waals surface area contributed by atoms with E-state index in [4.69, 9.17) is 4.74 Å². The summed E-state index contributed by atoms with van der Waals surface area (Å²) < 4.78 is 11.4. The molecule has 0 radical (unpaired) electrons. The monoisotopic (exact) mass is 348 g/mol. The maximum Gasteiger partial charge on any atom is 0.331 e. The highest BCUT2D eigenvalue weighted by Gasteiger charge is 2.37. The third-order valence-electron chi connectivity index (χ3n) is 3.20. The van der Waals surface area contributed by atoms with E-state index in [0.717, 1.165) is 42.0 Å². The third-order valence-corrected chi connectivity index (χ3v) is 4.94. The van der Waals surface area contributed by atoms with Gasteiger partial charge in [-0.05, 0) is 48.3 Å². The van der Waals surface area contributed by atoms with E-state index in [2.05, 4.69) is 31.0 Å². The van der Waals surface area contributed by atoms with E-state index in [1.807, 2.05) is 5.38 Å². The molecule has 0 spiro atoms. The van der Waals surface area contributed by atoms with E-state index in [0.29, 0.717) is 0 Å². The number of thiazole rings is 1. The van der Waals surface area contributed by atoms with Gasteiger partial charge in [0.05, 0.1) is 7.11 Å². The number of halogens is 1. The van der Waals surface area contributed by atoms with Crippen molar-refractivity contribution in [1.29, 1.82) is 0 Å². The van der Waals surface area contributed by atoms with Crippen molar-refractivity contribution in [2.24, 2.45) is 0 Å². The van der Waals surface area contributed by atoms with E-state index in [1.54, 1.807) is 11.3 Å². The van der Waals surface area contributed by atoms with Crippen LogP contribution in [-0.2, 0) is 19.9 Å². The maximum atomic E-state index is 11.3. The van der Waals surface area contributed by atoms with Crippen LogP contribution in [0.1, 0.15) is 24.3 Å². The van der Waals surface area contributed by atoms with E-state index < -0.39 is 5.60 Å². The minimum Gasteiger partial charge on any atom is -0.467 e. The van der Waals surface area contributed by atoms with Crippen LogP contribution in [0.4, 0.5) is 0 Å². The lowest BCUT2D eigenvalue weighted by molar-refractivity contribution is -0.155. The van der Waals surface area contributed by atoms with Gasteiger partial charge >= 0.3 is 5.97 Å². The average Bonchev–Trinajstić information content (AvgIpc) is 2.72. The molecule has 1 aromatic rings. The summed E-state index contributed by atoms with van der Waals surface area (Å²) in [6, 6.07) is 0. The van der Waals surface area contributed by atoms with Crippen molar-refractivity contribution >= 4 is 33.2 Å². The van der Waals surface area contributed by atoms with Crippen LogP contribution in [0.5, 0.6) is 0 Å². The van der Waals surface area contributed by atoms with Gasteiger partial charge in [0, 0.05) is 5.38 Å².